The Morgan fingerprint density at radius 1 is 0.963 bits per heavy atom. The van der Waals surface area contributed by atoms with Crippen LogP contribution in [0.4, 0.5) is 5.69 Å². The number of sulfonamides is 1. The Morgan fingerprint density at radius 3 is 2.19 bits per heavy atom. The number of amides is 1. The van der Waals surface area contributed by atoms with Gasteiger partial charge in [-0.25, -0.2) is 8.42 Å². The van der Waals surface area contributed by atoms with Gasteiger partial charge < -0.3 is 4.90 Å². The van der Waals surface area contributed by atoms with Crippen molar-refractivity contribution in [3.8, 4) is 0 Å². The van der Waals surface area contributed by atoms with Crippen molar-refractivity contribution in [2.24, 2.45) is 5.92 Å². The van der Waals surface area contributed by atoms with Crippen LogP contribution in [-0.4, -0.2) is 39.4 Å². The SMILES string of the molecule is CC(C)CC(C)N(C)C(=O)c1cccc(S(=O)(=O)N(C)c2ccccc2)c1. The fourth-order valence-corrected chi connectivity index (χ4v) is 4.21. The minimum atomic E-state index is -3.75. The third-order valence-electron chi connectivity index (χ3n) is 4.65. The van der Waals surface area contributed by atoms with E-state index in [9.17, 15) is 13.2 Å². The van der Waals surface area contributed by atoms with Gasteiger partial charge in [-0.2, -0.15) is 0 Å². The summed E-state index contributed by atoms with van der Waals surface area (Å²) in [6, 6.07) is 15.2. The lowest BCUT2D eigenvalue weighted by Gasteiger charge is -2.26. The molecule has 146 valence electrons. The molecule has 0 fully saturated rings. The molecular formula is C21H28N2O3S. The number of anilines is 1. The quantitative estimate of drug-likeness (QED) is 0.720. The summed E-state index contributed by atoms with van der Waals surface area (Å²) in [5, 5.41) is 0. The minimum absolute atomic E-state index is 0.0738. The molecule has 1 amide bonds. The second-order valence-electron chi connectivity index (χ2n) is 7.23. The standard InChI is InChI=1S/C21H28N2O3S/c1-16(2)14-17(3)22(4)21(24)18-10-9-13-20(15-18)27(25,26)23(5)19-11-7-6-8-12-19/h6-13,15-17H,14H2,1-5H3. The highest BCUT2D eigenvalue weighted by molar-refractivity contribution is 7.92. The molecule has 27 heavy (non-hydrogen) atoms. The molecule has 0 saturated heterocycles. The third kappa shape index (κ3) is 4.89. The van der Waals surface area contributed by atoms with Crippen LogP contribution in [0.5, 0.6) is 0 Å². The summed E-state index contributed by atoms with van der Waals surface area (Å²) >= 11 is 0. The van der Waals surface area contributed by atoms with Crippen LogP contribution >= 0.6 is 0 Å². The molecule has 2 aromatic carbocycles. The molecule has 5 nitrogen and oxygen atoms in total. The van der Waals surface area contributed by atoms with Gasteiger partial charge in [0, 0.05) is 25.7 Å². The van der Waals surface area contributed by atoms with E-state index >= 15 is 0 Å². The van der Waals surface area contributed by atoms with Crippen LogP contribution in [-0.2, 0) is 10.0 Å². The van der Waals surface area contributed by atoms with E-state index in [4.69, 9.17) is 0 Å². The second-order valence-corrected chi connectivity index (χ2v) is 9.20. The molecule has 0 spiro atoms. The highest BCUT2D eigenvalue weighted by atomic mass is 32.2. The van der Waals surface area contributed by atoms with Gasteiger partial charge in [0.05, 0.1) is 10.6 Å². The molecule has 0 aliphatic rings. The van der Waals surface area contributed by atoms with Crippen molar-refractivity contribution in [1.82, 2.24) is 4.90 Å². The predicted octanol–water partition coefficient (Wildman–Crippen LogP) is 4.02. The van der Waals surface area contributed by atoms with Crippen LogP contribution < -0.4 is 4.31 Å². The molecule has 1 unspecified atom stereocenters. The van der Waals surface area contributed by atoms with Crippen LogP contribution in [0.25, 0.3) is 0 Å². The first-order valence-electron chi connectivity index (χ1n) is 9.05. The van der Waals surface area contributed by atoms with E-state index in [1.54, 1.807) is 48.3 Å². The Balaban J connectivity index is 2.30. The number of hydrogen-bond acceptors (Lipinski definition) is 3. The van der Waals surface area contributed by atoms with E-state index in [0.717, 1.165) is 6.42 Å². The van der Waals surface area contributed by atoms with Gasteiger partial charge in [-0.1, -0.05) is 38.1 Å². The number of hydrogen-bond donors (Lipinski definition) is 0. The van der Waals surface area contributed by atoms with Crippen LogP contribution in [0.2, 0.25) is 0 Å². The molecular weight excluding hydrogens is 360 g/mol. The second kappa shape index (κ2) is 8.57. The number of rotatable bonds is 7. The van der Waals surface area contributed by atoms with Gasteiger partial charge in [-0.3, -0.25) is 9.10 Å². The Labute approximate surface area is 162 Å². The summed E-state index contributed by atoms with van der Waals surface area (Å²) < 4.78 is 27.1. The smallest absolute Gasteiger partial charge is 0.264 e. The van der Waals surface area contributed by atoms with Crippen molar-refractivity contribution in [3.05, 3.63) is 60.2 Å². The molecule has 6 heteroatoms. The van der Waals surface area contributed by atoms with Gasteiger partial charge in [0.15, 0.2) is 0 Å². The van der Waals surface area contributed by atoms with E-state index in [1.165, 1.54) is 23.5 Å². The van der Waals surface area contributed by atoms with Crippen LogP contribution in [0.1, 0.15) is 37.6 Å². The maximum absolute atomic E-state index is 13.0. The third-order valence-corrected chi connectivity index (χ3v) is 6.43. The van der Waals surface area contributed by atoms with Crippen molar-refractivity contribution < 1.29 is 13.2 Å². The summed E-state index contributed by atoms with van der Waals surface area (Å²) in [7, 11) is -0.484. The summed E-state index contributed by atoms with van der Waals surface area (Å²) in [5.41, 5.74) is 0.938. The monoisotopic (exact) mass is 388 g/mol. The molecule has 0 heterocycles. The van der Waals surface area contributed by atoms with Crippen LogP contribution in [0.15, 0.2) is 59.5 Å². The van der Waals surface area contributed by atoms with Gasteiger partial charge in [0.25, 0.3) is 15.9 Å². The highest BCUT2D eigenvalue weighted by Gasteiger charge is 2.24. The van der Waals surface area contributed by atoms with Crippen molar-refractivity contribution in [1.29, 1.82) is 0 Å². The van der Waals surface area contributed by atoms with Gasteiger partial charge in [0.2, 0.25) is 0 Å². The zero-order valence-electron chi connectivity index (χ0n) is 16.6. The first-order chi connectivity index (χ1) is 12.6. The van der Waals surface area contributed by atoms with Crippen molar-refractivity contribution in [2.75, 3.05) is 18.4 Å². The molecule has 1 atom stereocenters. The summed E-state index contributed by atoms with van der Waals surface area (Å²) in [4.78, 5) is 14.6. The van der Waals surface area contributed by atoms with Crippen LogP contribution in [0, 0.1) is 5.92 Å². The molecule has 0 bridgehead atoms. The van der Waals surface area contributed by atoms with E-state index in [0.29, 0.717) is 17.2 Å². The molecule has 0 N–H and O–H groups in total. The molecule has 0 aliphatic carbocycles. The number of nitrogens with zero attached hydrogens (tertiary/aromatic N) is 2. The summed E-state index contributed by atoms with van der Waals surface area (Å²) in [5.74, 6) is 0.295. The summed E-state index contributed by atoms with van der Waals surface area (Å²) in [6.07, 6.45) is 0.886. The summed E-state index contributed by atoms with van der Waals surface area (Å²) in [6.45, 7) is 6.23. The van der Waals surface area contributed by atoms with E-state index in [1.807, 2.05) is 13.0 Å². The number of benzene rings is 2. The van der Waals surface area contributed by atoms with Crippen molar-refractivity contribution >= 4 is 21.6 Å². The van der Waals surface area contributed by atoms with Crippen molar-refractivity contribution in [2.45, 2.75) is 38.1 Å². The largest absolute Gasteiger partial charge is 0.339 e. The Bertz CT molecular complexity index is 879. The molecule has 0 radical (unpaired) electrons. The van der Waals surface area contributed by atoms with Gasteiger partial charge in [-0.05, 0) is 49.6 Å². The molecule has 0 aliphatic heterocycles. The molecule has 2 aromatic rings. The van der Waals surface area contributed by atoms with E-state index < -0.39 is 10.0 Å². The maximum atomic E-state index is 13.0. The zero-order valence-corrected chi connectivity index (χ0v) is 17.4. The molecule has 0 aromatic heterocycles. The lowest BCUT2D eigenvalue weighted by molar-refractivity contribution is 0.0728. The maximum Gasteiger partial charge on any atom is 0.264 e. The predicted molar refractivity (Wildman–Crippen MR) is 109 cm³/mol. The molecule has 0 saturated carbocycles. The Morgan fingerprint density at radius 2 is 1.59 bits per heavy atom. The van der Waals surface area contributed by atoms with Gasteiger partial charge in [-0.15, -0.1) is 0 Å². The zero-order chi connectivity index (χ0) is 20.2. The van der Waals surface area contributed by atoms with Crippen molar-refractivity contribution in [3.63, 3.8) is 0 Å². The fraction of sp³-hybridized carbons (Fsp3) is 0.381. The van der Waals surface area contributed by atoms with E-state index in [-0.39, 0.29) is 16.8 Å². The first kappa shape index (κ1) is 21.0. The van der Waals surface area contributed by atoms with Crippen LogP contribution in [0.3, 0.4) is 0 Å². The number of carbonyl (C=O) groups excluding carboxylic acids is 1. The average molecular weight is 389 g/mol. The average Bonchev–Trinajstić information content (AvgIpc) is 2.66. The lowest BCUT2D eigenvalue weighted by Crippen LogP contribution is -2.36. The topological polar surface area (TPSA) is 57.7 Å². The fourth-order valence-electron chi connectivity index (χ4n) is 2.97. The Hall–Kier alpha value is -2.34. The number of carbonyl (C=O) groups is 1. The normalized spacial score (nSPS) is 12.7. The highest BCUT2D eigenvalue weighted by Crippen LogP contribution is 2.23. The number of para-hydroxylation sites is 1. The molecule has 2 rings (SSSR count). The van der Waals surface area contributed by atoms with E-state index in [2.05, 4.69) is 13.8 Å². The minimum Gasteiger partial charge on any atom is -0.339 e. The Kier molecular flexibility index (Phi) is 6.65. The lowest BCUT2D eigenvalue weighted by atomic mass is 10.0. The van der Waals surface area contributed by atoms with Gasteiger partial charge >= 0.3 is 0 Å². The van der Waals surface area contributed by atoms with Gasteiger partial charge in [0.1, 0.15) is 0 Å². The first-order valence-corrected chi connectivity index (χ1v) is 10.5.